The number of aliphatic hydroxyl groups excluding tert-OH is 1. The lowest BCUT2D eigenvalue weighted by Crippen LogP contribution is -3.16. The number of para-hydroxylation sites is 2. The first-order valence-electron chi connectivity index (χ1n) is 9.77. The number of aryl methyl sites for hydroxylation is 2. The van der Waals surface area contributed by atoms with E-state index in [0.717, 1.165) is 59.5 Å². The lowest BCUT2D eigenvalue weighted by molar-refractivity contribution is -0.903. The standard InChI is InChI=1S/C22H29ClN2O3/c1-16-12-19(13-17(2)22(16)23)28-15-18(26)14-24-8-10-25(11-9-24)20-6-4-5-7-21(20)27-3/h4-7,12-13,18,26H,8-11,14-15H2,1-3H3/p+1/t18-/m1/s1. The molecule has 28 heavy (non-hydrogen) atoms. The zero-order chi connectivity index (χ0) is 20.1. The van der Waals surface area contributed by atoms with Gasteiger partial charge in [-0.2, -0.15) is 0 Å². The number of benzene rings is 2. The molecule has 0 amide bonds. The summed E-state index contributed by atoms with van der Waals surface area (Å²) in [6.45, 7) is 8.75. The number of anilines is 1. The molecule has 1 aliphatic rings. The van der Waals surface area contributed by atoms with E-state index in [4.69, 9.17) is 21.1 Å². The molecule has 0 aromatic heterocycles. The quantitative estimate of drug-likeness (QED) is 0.740. The maximum absolute atomic E-state index is 10.4. The van der Waals surface area contributed by atoms with Crippen molar-refractivity contribution in [2.45, 2.75) is 20.0 Å². The van der Waals surface area contributed by atoms with Crippen LogP contribution in [0.3, 0.4) is 0 Å². The number of halogens is 1. The highest BCUT2D eigenvalue weighted by atomic mass is 35.5. The number of aliphatic hydroxyl groups is 1. The molecule has 0 bridgehead atoms. The lowest BCUT2D eigenvalue weighted by atomic mass is 10.1. The molecule has 2 aromatic rings. The summed E-state index contributed by atoms with van der Waals surface area (Å²) in [5.41, 5.74) is 3.12. The van der Waals surface area contributed by atoms with Crippen molar-refractivity contribution in [3.8, 4) is 11.5 Å². The summed E-state index contributed by atoms with van der Waals surface area (Å²) in [7, 11) is 1.71. The molecule has 0 aliphatic carbocycles. The SMILES string of the molecule is COc1ccccc1N1CC[NH+](C[C@@H](O)COc2cc(C)c(Cl)c(C)c2)CC1. The van der Waals surface area contributed by atoms with Crippen molar-refractivity contribution in [2.75, 3.05) is 51.3 Å². The number of quaternary nitrogens is 1. The van der Waals surface area contributed by atoms with Crippen molar-refractivity contribution < 1.29 is 19.5 Å². The molecule has 1 atom stereocenters. The highest BCUT2D eigenvalue weighted by Gasteiger charge is 2.24. The van der Waals surface area contributed by atoms with E-state index in [2.05, 4.69) is 11.0 Å². The van der Waals surface area contributed by atoms with Crippen molar-refractivity contribution in [3.05, 3.63) is 52.5 Å². The van der Waals surface area contributed by atoms with Crippen molar-refractivity contribution >= 4 is 17.3 Å². The van der Waals surface area contributed by atoms with Crippen LogP contribution in [-0.4, -0.2) is 57.7 Å². The second-order valence-corrected chi connectivity index (χ2v) is 7.83. The molecule has 0 spiro atoms. The summed E-state index contributed by atoms with van der Waals surface area (Å²) >= 11 is 6.20. The van der Waals surface area contributed by atoms with Crippen LogP contribution in [0.15, 0.2) is 36.4 Å². The van der Waals surface area contributed by atoms with Crippen LogP contribution >= 0.6 is 11.6 Å². The Hall–Kier alpha value is -1.95. The fourth-order valence-electron chi connectivity index (χ4n) is 3.73. The molecule has 0 saturated carbocycles. The van der Waals surface area contributed by atoms with Gasteiger partial charge in [-0.25, -0.2) is 0 Å². The lowest BCUT2D eigenvalue weighted by Gasteiger charge is -2.35. The molecular formula is C22H30ClN2O3+. The molecule has 0 unspecified atom stereocenters. The van der Waals surface area contributed by atoms with Gasteiger partial charge in [-0.05, 0) is 49.2 Å². The zero-order valence-corrected chi connectivity index (χ0v) is 17.6. The molecule has 3 rings (SSSR count). The van der Waals surface area contributed by atoms with E-state index >= 15 is 0 Å². The van der Waals surface area contributed by atoms with Gasteiger partial charge < -0.3 is 24.4 Å². The summed E-state index contributed by atoms with van der Waals surface area (Å²) in [6.07, 6.45) is -0.496. The Morgan fingerprint density at radius 2 is 1.79 bits per heavy atom. The van der Waals surface area contributed by atoms with Crippen LogP contribution in [0.25, 0.3) is 0 Å². The van der Waals surface area contributed by atoms with Gasteiger partial charge >= 0.3 is 0 Å². The minimum absolute atomic E-state index is 0.292. The van der Waals surface area contributed by atoms with Gasteiger partial charge in [-0.3, -0.25) is 0 Å². The molecule has 1 saturated heterocycles. The Morgan fingerprint density at radius 3 is 2.43 bits per heavy atom. The Morgan fingerprint density at radius 1 is 1.14 bits per heavy atom. The average molecular weight is 406 g/mol. The van der Waals surface area contributed by atoms with Gasteiger partial charge in [-0.1, -0.05) is 23.7 Å². The molecule has 2 aromatic carbocycles. The molecule has 5 nitrogen and oxygen atoms in total. The van der Waals surface area contributed by atoms with Gasteiger partial charge in [0.15, 0.2) is 0 Å². The number of piperazine rings is 1. The number of nitrogens with one attached hydrogen (secondary N) is 1. The molecular weight excluding hydrogens is 376 g/mol. The Balaban J connectivity index is 1.47. The van der Waals surface area contributed by atoms with Crippen LogP contribution in [0.5, 0.6) is 11.5 Å². The van der Waals surface area contributed by atoms with E-state index < -0.39 is 6.10 Å². The van der Waals surface area contributed by atoms with Crippen LogP contribution < -0.4 is 19.3 Å². The maximum Gasteiger partial charge on any atom is 0.142 e. The topological polar surface area (TPSA) is 46.4 Å². The summed E-state index contributed by atoms with van der Waals surface area (Å²) in [5.74, 6) is 1.67. The predicted molar refractivity (Wildman–Crippen MR) is 113 cm³/mol. The predicted octanol–water partition coefficient (Wildman–Crippen LogP) is 2.11. The molecule has 6 heteroatoms. The number of hydrogen-bond donors (Lipinski definition) is 2. The average Bonchev–Trinajstić information content (AvgIpc) is 2.71. The second kappa shape index (κ2) is 9.50. The molecule has 1 heterocycles. The first-order valence-corrected chi connectivity index (χ1v) is 10.1. The summed E-state index contributed by atoms with van der Waals surface area (Å²) in [6, 6.07) is 12.0. The van der Waals surface area contributed by atoms with Crippen molar-refractivity contribution in [2.24, 2.45) is 0 Å². The minimum atomic E-state index is -0.496. The van der Waals surface area contributed by atoms with Gasteiger partial charge in [0.1, 0.15) is 30.8 Å². The van der Waals surface area contributed by atoms with E-state index in [-0.39, 0.29) is 0 Å². The van der Waals surface area contributed by atoms with Gasteiger partial charge in [0.05, 0.1) is 39.0 Å². The molecule has 0 radical (unpaired) electrons. The fraction of sp³-hybridized carbons (Fsp3) is 0.455. The Kier molecular flexibility index (Phi) is 7.05. The summed E-state index contributed by atoms with van der Waals surface area (Å²) < 4.78 is 11.3. The third kappa shape index (κ3) is 5.10. The molecule has 1 fully saturated rings. The van der Waals surface area contributed by atoms with E-state index in [1.54, 1.807) is 7.11 Å². The van der Waals surface area contributed by atoms with Crippen LogP contribution in [0.4, 0.5) is 5.69 Å². The molecule has 152 valence electrons. The number of methoxy groups -OCH3 is 1. The first-order chi connectivity index (χ1) is 13.5. The normalized spacial score (nSPS) is 16.1. The van der Waals surface area contributed by atoms with E-state index in [1.807, 2.05) is 44.2 Å². The third-order valence-electron chi connectivity index (χ3n) is 5.27. The van der Waals surface area contributed by atoms with Crippen LogP contribution in [-0.2, 0) is 0 Å². The van der Waals surface area contributed by atoms with Crippen LogP contribution in [0.1, 0.15) is 11.1 Å². The summed E-state index contributed by atoms with van der Waals surface area (Å²) in [5, 5.41) is 11.2. The first kappa shape index (κ1) is 20.8. The fourth-order valence-corrected chi connectivity index (χ4v) is 3.84. The minimum Gasteiger partial charge on any atom is -0.495 e. The number of rotatable bonds is 7. The van der Waals surface area contributed by atoms with Crippen LogP contribution in [0, 0.1) is 13.8 Å². The monoisotopic (exact) mass is 405 g/mol. The van der Waals surface area contributed by atoms with Crippen molar-refractivity contribution in [1.29, 1.82) is 0 Å². The van der Waals surface area contributed by atoms with E-state index in [9.17, 15) is 5.11 Å². The number of nitrogens with zero attached hydrogens (tertiary/aromatic N) is 1. The molecule has 1 aliphatic heterocycles. The Labute approximate surface area is 172 Å². The van der Waals surface area contributed by atoms with Gasteiger partial charge in [0.25, 0.3) is 0 Å². The smallest absolute Gasteiger partial charge is 0.142 e. The number of hydrogen-bond acceptors (Lipinski definition) is 4. The van der Waals surface area contributed by atoms with Crippen molar-refractivity contribution in [1.82, 2.24) is 0 Å². The van der Waals surface area contributed by atoms with E-state index in [0.29, 0.717) is 13.2 Å². The highest BCUT2D eigenvalue weighted by molar-refractivity contribution is 6.32. The van der Waals surface area contributed by atoms with Gasteiger partial charge in [0.2, 0.25) is 0 Å². The summed E-state index contributed by atoms with van der Waals surface area (Å²) in [4.78, 5) is 3.75. The largest absolute Gasteiger partial charge is 0.495 e. The number of ether oxygens (including phenoxy) is 2. The maximum atomic E-state index is 10.4. The second-order valence-electron chi connectivity index (χ2n) is 7.45. The highest BCUT2D eigenvalue weighted by Crippen LogP contribution is 2.27. The van der Waals surface area contributed by atoms with Gasteiger partial charge in [0, 0.05) is 5.02 Å². The zero-order valence-electron chi connectivity index (χ0n) is 16.9. The van der Waals surface area contributed by atoms with Crippen LogP contribution in [0.2, 0.25) is 5.02 Å². The Bertz CT molecular complexity index is 768. The van der Waals surface area contributed by atoms with E-state index in [1.165, 1.54) is 4.90 Å². The molecule has 2 N–H and O–H groups in total. The van der Waals surface area contributed by atoms with Gasteiger partial charge in [-0.15, -0.1) is 0 Å². The third-order valence-corrected chi connectivity index (χ3v) is 5.87. The van der Waals surface area contributed by atoms with Crippen molar-refractivity contribution in [3.63, 3.8) is 0 Å².